The van der Waals surface area contributed by atoms with Gasteiger partial charge in [0.1, 0.15) is 0 Å². The Balaban J connectivity index is 3.92. The van der Waals surface area contributed by atoms with E-state index < -0.39 is 8.25 Å². The number of rotatable bonds is 14. The smallest absolute Gasteiger partial charge is 0.311 e. The lowest BCUT2D eigenvalue weighted by Gasteiger charge is -2.31. The fourth-order valence-corrected chi connectivity index (χ4v) is 3.19. The number of hydrogen-bond donors (Lipinski definition) is 0. The SMILES string of the molecule is CCCCCCO[PH](=O)OCC(CC)(CC)CCCC. The van der Waals surface area contributed by atoms with E-state index in [4.69, 9.17) is 9.05 Å². The van der Waals surface area contributed by atoms with Gasteiger partial charge in [-0.3, -0.25) is 4.57 Å². The summed E-state index contributed by atoms with van der Waals surface area (Å²) < 4.78 is 22.6. The molecule has 0 aliphatic rings. The van der Waals surface area contributed by atoms with Gasteiger partial charge in [0.05, 0.1) is 13.2 Å². The molecule has 0 spiro atoms. The molecular formula is C16H35O3P. The lowest BCUT2D eigenvalue weighted by Crippen LogP contribution is -2.24. The van der Waals surface area contributed by atoms with Crippen LogP contribution in [0.5, 0.6) is 0 Å². The van der Waals surface area contributed by atoms with Gasteiger partial charge in [0.2, 0.25) is 0 Å². The molecule has 0 rings (SSSR count). The zero-order chi connectivity index (χ0) is 15.3. The van der Waals surface area contributed by atoms with E-state index in [1.165, 1.54) is 25.7 Å². The minimum atomic E-state index is -2.30. The van der Waals surface area contributed by atoms with Gasteiger partial charge in [-0.2, -0.15) is 0 Å². The van der Waals surface area contributed by atoms with Gasteiger partial charge in [-0.1, -0.05) is 59.8 Å². The van der Waals surface area contributed by atoms with Gasteiger partial charge in [-0.15, -0.1) is 0 Å². The molecule has 0 saturated carbocycles. The normalized spacial score (nSPS) is 13.6. The van der Waals surface area contributed by atoms with Crippen LogP contribution in [0.2, 0.25) is 0 Å². The molecule has 0 N–H and O–H groups in total. The van der Waals surface area contributed by atoms with Crippen LogP contribution in [-0.4, -0.2) is 13.2 Å². The molecule has 0 aliphatic carbocycles. The molecule has 0 aliphatic heterocycles. The first-order valence-electron chi connectivity index (χ1n) is 8.43. The first-order valence-corrected chi connectivity index (χ1v) is 9.66. The van der Waals surface area contributed by atoms with Crippen molar-refractivity contribution in [3.8, 4) is 0 Å². The van der Waals surface area contributed by atoms with Crippen LogP contribution in [0.15, 0.2) is 0 Å². The Bertz CT molecular complexity index is 240. The van der Waals surface area contributed by atoms with Crippen molar-refractivity contribution < 1.29 is 13.6 Å². The fraction of sp³-hybridized carbons (Fsp3) is 1.00. The summed E-state index contributed by atoms with van der Waals surface area (Å²) >= 11 is 0. The van der Waals surface area contributed by atoms with Gasteiger partial charge >= 0.3 is 8.25 Å². The third-order valence-electron chi connectivity index (χ3n) is 4.27. The predicted molar refractivity (Wildman–Crippen MR) is 87.6 cm³/mol. The molecule has 0 bridgehead atoms. The average molecular weight is 306 g/mol. The maximum absolute atomic E-state index is 11.8. The van der Waals surface area contributed by atoms with E-state index in [0.717, 1.165) is 32.1 Å². The van der Waals surface area contributed by atoms with Crippen LogP contribution in [-0.2, 0) is 13.6 Å². The lowest BCUT2D eigenvalue weighted by atomic mass is 9.79. The molecule has 20 heavy (non-hydrogen) atoms. The number of hydrogen-bond acceptors (Lipinski definition) is 3. The molecular weight excluding hydrogens is 271 g/mol. The van der Waals surface area contributed by atoms with Crippen molar-refractivity contribution in [3.05, 3.63) is 0 Å². The highest BCUT2D eigenvalue weighted by molar-refractivity contribution is 7.33. The van der Waals surface area contributed by atoms with Crippen molar-refractivity contribution in [2.75, 3.05) is 13.2 Å². The third-order valence-corrected chi connectivity index (χ3v) is 5.09. The van der Waals surface area contributed by atoms with Crippen LogP contribution in [0, 0.1) is 5.41 Å². The van der Waals surface area contributed by atoms with Gasteiger partial charge in [-0.25, -0.2) is 0 Å². The molecule has 0 amide bonds. The first kappa shape index (κ1) is 20.1. The molecule has 1 atom stereocenters. The van der Waals surface area contributed by atoms with Crippen molar-refractivity contribution >= 4 is 8.25 Å². The predicted octanol–water partition coefficient (Wildman–Crippen LogP) is 5.99. The second kappa shape index (κ2) is 12.9. The maximum atomic E-state index is 11.8. The van der Waals surface area contributed by atoms with E-state index in [1.54, 1.807) is 0 Å². The summed E-state index contributed by atoms with van der Waals surface area (Å²) in [5.41, 5.74) is 0.182. The van der Waals surface area contributed by atoms with Crippen molar-refractivity contribution in [1.29, 1.82) is 0 Å². The van der Waals surface area contributed by atoms with Crippen molar-refractivity contribution in [2.24, 2.45) is 5.41 Å². The Morgan fingerprint density at radius 3 is 2.05 bits per heavy atom. The van der Waals surface area contributed by atoms with Crippen molar-refractivity contribution in [1.82, 2.24) is 0 Å². The molecule has 0 heterocycles. The van der Waals surface area contributed by atoms with E-state index in [0.29, 0.717) is 13.2 Å². The Morgan fingerprint density at radius 2 is 1.50 bits per heavy atom. The average Bonchev–Trinajstić information content (AvgIpc) is 2.48. The quantitative estimate of drug-likeness (QED) is 0.292. The fourth-order valence-electron chi connectivity index (χ4n) is 2.37. The molecule has 122 valence electrons. The summed E-state index contributed by atoms with van der Waals surface area (Å²) in [5.74, 6) is 0. The summed E-state index contributed by atoms with van der Waals surface area (Å²) in [7, 11) is -2.30. The van der Waals surface area contributed by atoms with Crippen LogP contribution in [0.4, 0.5) is 0 Å². The van der Waals surface area contributed by atoms with Crippen LogP contribution < -0.4 is 0 Å². The molecule has 0 aromatic rings. The third kappa shape index (κ3) is 9.15. The van der Waals surface area contributed by atoms with E-state index in [2.05, 4.69) is 27.7 Å². The Labute approximate surface area is 126 Å². The van der Waals surface area contributed by atoms with Crippen molar-refractivity contribution in [3.63, 3.8) is 0 Å². The molecule has 0 fully saturated rings. The number of unbranched alkanes of at least 4 members (excludes halogenated alkanes) is 4. The van der Waals surface area contributed by atoms with E-state index in [-0.39, 0.29) is 5.41 Å². The summed E-state index contributed by atoms with van der Waals surface area (Å²) in [6.45, 7) is 9.93. The minimum Gasteiger partial charge on any atom is -0.311 e. The molecule has 3 nitrogen and oxygen atoms in total. The van der Waals surface area contributed by atoms with Gasteiger partial charge < -0.3 is 9.05 Å². The van der Waals surface area contributed by atoms with Crippen LogP contribution in [0.3, 0.4) is 0 Å². The topological polar surface area (TPSA) is 35.5 Å². The maximum Gasteiger partial charge on any atom is 0.319 e. The Hall–Kier alpha value is 0.150. The minimum absolute atomic E-state index is 0.182. The highest BCUT2D eigenvalue weighted by Crippen LogP contribution is 2.37. The van der Waals surface area contributed by atoms with Crippen LogP contribution >= 0.6 is 8.25 Å². The monoisotopic (exact) mass is 306 g/mol. The second-order valence-corrected chi connectivity index (χ2v) is 6.84. The molecule has 0 aromatic carbocycles. The van der Waals surface area contributed by atoms with Gasteiger partial charge in [-0.05, 0) is 31.1 Å². The lowest BCUT2D eigenvalue weighted by molar-refractivity contribution is 0.106. The largest absolute Gasteiger partial charge is 0.319 e. The highest BCUT2D eigenvalue weighted by atomic mass is 31.1. The Kier molecular flexibility index (Phi) is 13.0. The standard InChI is InChI=1S/C16H35O3P/c1-5-9-11-12-14-18-20(17)19-15-16(7-3,8-4)13-10-6-2/h20H,5-15H2,1-4H3. The zero-order valence-corrected chi connectivity index (χ0v) is 15.0. The molecule has 1 unspecified atom stereocenters. The van der Waals surface area contributed by atoms with Crippen LogP contribution in [0.25, 0.3) is 0 Å². The summed E-state index contributed by atoms with van der Waals surface area (Å²) in [5, 5.41) is 0. The molecule has 0 aromatic heterocycles. The first-order chi connectivity index (χ1) is 9.64. The Morgan fingerprint density at radius 1 is 0.850 bits per heavy atom. The summed E-state index contributed by atoms with van der Waals surface area (Å²) in [4.78, 5) is 0. The molecule has 4 heteroatoms. The zero-order valence-electron chi connectivity index (χ0n) is 14.0. The van der Waals surface area contributed by atoms with E-state index >= 15 is 0 Å². The summed E-state index contributed by atoms with van der Waals surface area (Å²) in [6, 6.07) is 0. The van der Waals surface area contributed by atoms with Crippen LogP contribution in [0.1, 0.15) is 85.5 Å². The van der Waals surface area contributed by atoms with Gasteiger partial charge in [0.25, 0.3) is 0 Å². The van der Waals surface area contributed by atoms with Crippen molar-refractivity contribution in [2.45, 2.75) is 85.5 Å². The summed E-state index contributed by atoms with van der Waals surface area (Å²) in [6.07, 6.45) is 10.3. The van der Waals surface area contributed by atoms with Gasteiger partial charge in [0.15, 0.2) is 0 Å². The van der Waals surface area contributed by atoms with E-state index in [1.807, 2.05) is 0 Å². The molecule has 0 radical (unpaired) electrons. The van der Waals surface area contributed by atoms with Gasteiger partial charge in [0, 0.05) is 0 Å². The molecule has 0 saturated heterocycles. The highest BCUT2D eigenvalue weighted by Gasteiger charge is 2.26. The van der Waals surface area contributed by atoms with E-state index in [9.17, 15) is 4.57 Å². The second-order valence-electron chi connectivity index (χ2n) is 5.76.